The Kier molecular flexibility index (Phi) is 5.00. The molecule has 0 bridgehead atoms. The predicted octanol–water partition coefficient (Wildman–Crippen LogP) is 5.84. The quantitative estimate of drug-likeness (QED) is 0.696. The van der Waals surface area contributed by atoms with Crippen LogP contribution in [0.4, 0.5) is 5.69 Å². The fourth-order valence-corrected chi connectivity index (χ4v) is 3.13. The van der Waals surface area contributed by atoms with Gasteiger partial charge in [0.1, 0.15) is 0 Å². The molecule has 112 valence electrons. The first-order valence-electron chi connectivity index (χ1n) is 7.49. The van der Waals surface area contributed by atoms with E-state index in [0.29, 0.717) is 5.25 Å². The molecule has 1 N–H and O–H groups in total. The van der Waals surface area contributed by atoms with Gasteiger partial charge in [0.05, 0.1) is 5.54 Å². The molecule has 2 heteroatoms. The van der Waals surface area contributed by atoms with E-state index in [1.807, 2.05) is 11.8 Å². The van der Waals surface area contributed by atoms with Crippen LogP contribution in [-0.2, 0) is 5.54 Å². The molecule has 0 aliphatic rings. The van der Waals surface area contributed by atoms with Crippen LogP contribution in [-0.4, -0.2) is 5.25 Å². The number of anilines is 1. The second-order valence-corrected chi connectivity index (χ2v) is 7.96. The zero-order valence-electron chi connectivity index (χ0n) is 13.6. The van der Waals surface area contributed by atoms with Gasteiger partial charge in [-0.15, -0.1) is 11.8 Å². The van der Waals surface area contributed by atoms with Crippen LogP contribution in [0.5, 0.6) is 0 Å². The number of thioether (sulfide) groups is 1. The SMILES string of the molecule is Cc1ccc(NC(C)(C)c2ccc(SC(C)C)cc2)cc1. The van der Waals surface area contributed by atoms with E-state index in [4.69, 9.17) is 0 Å². The summed E-state index contributed by atoms with van der Waals surface area (Å²) in [5.41, 5.74) is 3.66. The van der Waals surface area contributed by atoms with Crippen LogP contribution < -0.4 is 5.32 Å². The number of aryl methyl sites for hydroxylation is 1. The van der Waals surface area contributed by atoms with Gasteiger partial charge in [0, 0.05) is 15.8 Å². The third-order valence-electron chi connectivity index (χ3n) is 3.46. The predicted molar refractivity (Wildman–Crippen MR) is 95.3 cm³/mol. The molecule has 2 rings (SSSR count). The molecular weight excluding hydrogens is 274 g/mol. The summed E-state index contributed by atoms with van der Waals surface area (Å²) in [5.74, 6) is 0. The number of nitrogens with one attached hydrogen (secondary N) is 1. The molecule has 0 saturated carbocycles. The summed E-state index contributed by atoms with van der Waals surface area (Å²) in [4.78, 5) is 1.33. The molecule has 0 aliphatic heterocycles. The lowest BCUT2D eigenvalue weighted by Gasteiger charge is -2.28. The van der Waals surface area contributed by atoms with E-state index < -0.39 is 0 Å². The second-order valence-electron chi connectivity index (χ2n) is 6.31. The molecule has 0 heterocycles. The van der Waals surface area contributed by atoms with Crippen molar-refractivity contribution >= 4 is 17.4 Å². The molecule has 0 aromatic heterocycles. The molecular formula is C19H25NS. The largest absolute Gasteiger partial charge is 0.376 e. The Balaban J connectivity index is 2.13. The minimum atomic E-state index is -0.0870. The van der Waals surface area contributed by atoms with Crippen molar-refractivity contribution in [3.05, 3.63) is 59.7 Å². The van der Waals surface area contributed by atoms with Crippen molar-refractivity contribution in [1.29, 1.82) is 0 Å². The van der Waals surface area contributed by atoms with E-state index in [2.05, 4.69) is 88.5 Å². The first-order valence-corrected chi connectivity index (χ1v) is 8.37. The van der Waals surface area contributed by atoms with Gasteiger partial charge in [0.2, 0.25) is 0 Å². The zero-order chi connectivity index (χ0) is 15.5. The van der Waals surface area contributed by atoms with Gasteiger partial charge in [-0.05, 0) is 50.6 Å². The van der Waals surface area contributed by atoms with Crippen LogP contribution in [0.2, 0.25) is 0 Å². The van der Waals surface area contributed by atoms with Crippen LogP contribution >= 0.6 is 11.8 Å². The van der Waals surface area contributed by atoms with Gasteiger partial charge in [0.25, 0.3) is 0 Å². The Bertz CT molecular complexity index is 568. The fraction of sp³-hybridized carbons (Fsp3) is 0.368. The lowest BCUT2D eigenvalue weighted by molar-refractivity contribution is 0.609. The Morgan fingerprint density at radius 1 is 0.905 bits per heavy atom. The maximum Gasteiger partial charge on any atom is 0.0569 e. The van der Waals surface area contributed by atoms with Gasteiger partial charge in [-0.3, -0.25) is 0 Å². The zero-order valence-corrected chi connectivity index (χ0v) is 14.4. The number of hydrogen-bond donors (Lipinski definition) is 1. The summed E-state index contributed by atoms with van der Waals surface area (Å²) >= 11 is 1.90. The average Bonchev–Trinajstić information content (AvgIpc) is 2.41. The molecule has 2 aromatic carbocycles. The average molecular weight is 299 g/mol. The van der Waals surface area contributed by atoms with Crippen molar-refractivity contribution in [2.75, 3.05) is 5.32 Å². The number of hydrogen-bond acceptors (Lipinski definition) is 2. The second kappa shape index (κ2) is 6.57. The summed E-state index contributed by atoms with van der Waals surface area (Å²) in [6.45, 7) is 11.0. The molecule has 0 unspecified atom stereocenters. The smallest absolute Gasteiger partial charge is 0.0569 e. The monoisotopic (exact) mass is 299 g/mol. The standard InChI is InChI=1S/C19H25NS/c1-14(2)21-18-12-8-16(9-13-18)19(4,5)20-17-10-6-15(3)7-11-17/h6-14,20H,1-5H3. The van der Waals surface area contributed by atoms with Crippen LogP contribution in [0.15, 0.2) is 53.4 Å². The maximum absolute atomic E-state index is 3.62. The van der Waals surface area contributed by atoms with E-state index in [9.17, 15) is 0 Å². The van der Waals surface area contributed by atoms with Crippen LogP contribution in [0.3, 0.4) is 0 Å². The summed E-state index contributed by atoms with van der Waals surface area (Å²) in [7, 11) is 0. The highest BCUT2D eigenvalue weighted by Gasteiger charge is 2.20. The lowest BCUT2D eigenvalue weighted by Crippen LogP contribution is -2.27. The molecule has 0 radical (unpaired) electrons. The normalized spacial score (nSPS) is 11.7. The summed E-state index contributed by atoms with van der Waals surface area (Å²) < 4.78 is 0. The summed E-state index contributed by atoms with van der Waals surface area (Å²) in [6, 6.07) is 17.5. The van der Waals surface area contributed by atoms with E-state index in [1.54, 1.807) is 0 Å². The van der Waals surface area contributed by atoms with E-state index in [-0.39, 0.29) is 5.54 Å². The summed E-state index contributed by atoms with van der Waals surface area (Å²) in [5, 5.41) is 4.24. The molecule has 0 aliphatic carbocycles. The Labute approximate surface area is 133 Å². The van der Waals surface area contributed by atoms with E-state index in [1.165, 1.54) is 16.0 Å². The van der Waals surface area contributed by atoms with Crippen LogP contribution in [0, 0.1) is 6.92 Å². The molecule has 0 spiro atoms. The van der Waals surface area contributed by atoms with Crippen molar-refractivity contribution in [2.45, 2.75) is 50.3 Å². The Morgan fingerprint density at radius 3 is 2.00 bits per heavy atom. The highest BCUT2D eigenvalue weighted by atomic mass is 32.2. The Hall–Kier alpha value is -1.41. The molecule has 21 heavy (non-hydrogen) atoms. The minimum Gasteiger partial charge on any atom is -0.376 e. The number of rotatable bonds is 5. The van der Waals surface area contributed by atoms with Crippen molar-refractivity contribution in [1.82, 2.24) is 0 Å². The van der Waals surface area contributed by atoms with E-state index in [0.717, 1.165) is 5.69 Å². The molecule has 0 amide bonds. The van der Waals surface area contributed by atoms with Crippen molar-refractivity contribution in [3.63, 3.8) is 0 Å². The Morgan fingerprint density at radius 2 is 1.48 bits per heavy atom. The topological polar surface area (TPSA) is 12.0 Å². The summed E-state index contributed by atoms with van der Waals surface area (Å²) in [6.07, 6.45) is 0. The van der Waals surface area contributed by atoms with Gasteiger partial charge in [0.15, 0.2) is 0 Å². The van der Waals surface area contributed by atoms with Crippen LogP contribution in [0.25, 0.3) is 0 Å². The van der Waals surface area contributed by atoms with Crippen LogP contribution in [0.1, 0.15) is 38.8 Å². The lowest BCUT2D eigenvalue weighted by atomic mass is 9.94. The molecule has 0 atom stereocenters. The number of benzene rings is 2. The fourth-order valence-electron chi connectivity index (χ4n) is 2.29. The van der Waals surface area contributed by atoms with Gasteiger partial charge in [-0.25, -0.2) is 0 Å². The molecule has 0 fully saturated rings. The third-order valence-corrected chi connectivity index (χ3v) is 4.47. The maximum atomic E-state index is 3.62. The van der Waals surface area contributed by atoms with E-state index >= 15 is 0 Å². The van der Waals surface area contributed by atoms with Crippen molar-refractivity contribution in [3.8, 4) is 0 Å². The van der Waals surface area contributed by atoms with Gasteiger partial charge in [-0.2, -0.15) is 0 Å². The van der Waals surface area contributed by atoms with Gasteiger partial charge in [-0.1, -0.05) is 43.7 Å². The first-order chi connectivity index (χ1) is 9.87. The highest BCUT2D eigenvalue weighted by molar-refractivity contribution is 7.99. The first kappa shape index (κ1) is 16.0. The highest BCUT2D eigenvalue weighted by Crippen LogP contribution is 2.29. The molecule has 2 aromatic rings. The van der Waals surface area contributed by atoms with Crippen molar-refractivity contribution in [2.24, 2.45) is 0 Å². The van der Waals surface area contributed by atoms with Crippen molar-refractivity contribution < 1.29 is 0 Å². The third kappa shape index (κ3) is 4.53. The van der Waals surface area contributed by atoms with Gasteiger partial charge < -0.3 is 5.32 Å². The molecule has 1 nitrogen and oxygen atoms in total. The molecule has 0 saturated heterocycles. The van der Waals surface area contributed by atoms with Gasteiger partial charge >= 0.3 is 0 Å². The minimum absolute atomic E-state index is 0.0870.